The second-order valence-corrected chi connectivity index (χ2v) is 14.4. The molecule has 2 atom stereocenters. The fraction of sp³-hybridized carbons (Fsp3) is 0.622. The maximum Gasteiger partial charge on any atom is 0.264 e. The van der Waals surface area contributed by atoms with E-state index in [-0.39, 0.29) is 34.9 Å². The van der Waals surface area contributed by atoms with Gasteiger partial charge in [-0.1, -0.05) is 84.1 Å². The van der Waals surface area contributed by atoms with E-state index in [9.17, 15) is 28.2 Å². The van der Waals surface area contributed by atoms with Crippen LogP contribution in [0.25, 0.3) is 0 Å². The number of phenolic OH excluding ortho intramolecular Hbond substituents is 1. The molecule has 1 aromatic carbocycles. The fourth-order valence-corrected chi connectivity index (χ4v) is 6.99. The summed E-state index contributed by atoms with van der Waals surface area (Å²) in [7, 11) is -4.08. The number of carbonyl (C=O) groups excluding carboxylic acids is 2. The minimum Gasteiger partial charge on any atom is -0.508 e. The van der Waals surface area contributed by atoms with E-state index in [1.54, 1.807) is 18.2 Å². The Kier molecular flexibility index (Phi) is 15.7. The summed E-state index contributed by atoms with van der Waals surface area (Å²) in [6.07, 6.45) is 18.0. The lowest BCUT2D eigenvalue weighted by atomic mass is 9.68. The van der Waals surface area contributed by atoms with Crippen molar-refractivity contribution in [1.29, 1.82) is 0 Å². The van der Waals surface area contributed by atoms with Crippen LogP contribution >= 0.6 is 0 Å². The second-order valence-electron chi connectivity index (χ2n) is 12.9. The smallest absolute Gasteiger partial charge is 0.264 e. The Labute approximate surface area is 282 Å². The molecule has 0 saturated heterocycles. The molecule has 1 saturated carbocycles. The molecule has 2 aliphatic rings. The molecule has 0 spiro atoms. The van der Waals surface area contributed by atoms with Crippen LogP contribution < -0.4 is 4.90 Å². The first-order valence-corrected chi connectivity index (χ1v) is 19.3. The average Bonchev–Trinajstić information content (AvgIpc) is 3.03. The van der Waals surface area contributed by atoms with E-state index in [0.717, 1.165) is 31.6 Å². The van der Waals surface area contributed by atoms with Gasteiger partial charge in [0.15, 0.2) is 11.6 Å². The van der Waals surface area contributed by atoms with Crippen LogP contribution in [-0.4, -0.2) is 77.7 Å². The summed E-state index contributed by atoms with van der Waals surface area (Å²) in [4.78, 5) is 30.6. The van der Waals surface area contributed by atoms with Gasteiger partial charge < -0.3 is 20.0 Å². The number of benzene rings is 1. The highest BCUT2D eigenvalue weighted by atomic mass is 32.2. The van der Waals surface area contributed by atoms with Crippen molar-refractivity contribution >= 4 is 27.4 Å². The molecule has 10 heteroatoms. The molecule has 1 fully saturated rings. The Morgan fingerprint density at radius 3 is 1.85 bits per heavy atom. The molecule has 3 rings (SSSR count). The number of ketones is 2. The van der Waals surface area contributed by atoms with E-state index in [4.69, 9.17) is 4.55 Å². The third-order valence-corrected chi connectivity index (χ3v) is 10.1. The van der Waals surface area contributed by atoms with Gasteiger partial charge >= 0.3 is 0 Å². The summed E-state index contributed by atoms with van der Waals surface area (Å²) >= 11 is 0. The van der Waals surface area contributed by atoms with Gasteiger partial charge in [-0.15, -0.1) is 0 Å². The Hall–Kier alpha value is -2.95. The molecule has 0 bridgehead atoms. The molecule has 0 amide bonds. The number of phenols is 1. The molecule has 2 unspecified atom stereocenters. The van der Waals surface area contributed by atoms with E-state index in [1.807, 2.05) is 17.9 Å². The van der Waals surface area contributed by atoms with Crippen LogP contribution in [0.1, 0.15) is 116 Å². The molecule has 262 valence electrons. The van der Waals surface area contributed by atoms with Gasteiger partial charge in [0.2, 0.25) is 0 Å². The topological polar surface area (TPSA) is 135 Å². The normalized spacial score (nSPS) is 19.6. The number of anilines is 1. The molecule has 0 radical (unpaired) electrons. The number of aliphatic hydroxyl groups is 1. The Balaban J connectivity index is 1.69. The number of nitrogens with zero attached hydrogens (tertiary/aromatic N) is 2. The predicted molar refractivity (Wildman–Crippen MR) is 188 cm³/mol. The third-order valence-electron chi connectivity index (χ3n) is 9.27. The lowest BCUT2D eigenvalue weighted by Gasteiger charge is -2.36. The number of rotatable bonds is 22. The number of unbranched alkanes of at least 4 members (excludes halogenated alkanes) is 10. The first kappa shape index (κ1) is 38.5. The van der Waals surface area contributed by atoms with Crippen LogP contribution in [0.3, 0.4) is 0 Å². The molecule has 0 aliphatic heterocycles. The molecule has 2 aliphatic carbocycles. The predicted octanol–water partition coefficient (Wildman–Crippen LogP) is 6.87. The summed E-state index contributed by atoms with van der Waals surface area (Å²) in [6, 6.07) is 5.36. The highest BCUT2D eigenvalue weighted by molar-refractivity contribution is 7.85. The number of hydrogen-bond donors (Lipinski definition) is 3. The Morgan fingerprint density at radius 1 is 0.766 bits per heavy atom. The molecule has 0 aromatic heterocycles. The van der Waals surface area contributed by atoms with Gasteiger partial charge in [-0.2, -0.15) is 8.42 Å². The number of aliphatic hydroxyl groups excluding tert-OH is 1. The average molecular weight is 673 g/mol. The van der Waals surface area contributed by atoms with E-state index in [1.165, 1.54) is 76.4 Å². The monoisotopic (exact) mass is 672 g/mol. The summed E-state index contributed by atoms with van der Waals surface area (Å²) in [5.74, 6) is -2.17. The van der Waals surface area contributed by atoms with Crippen LogP contribution in [0.15, 0.2) is 53.3 Å². The van der Waals surface area contributed by atoms with E-state index in [2.05, 4.69) is 18.7 Å². The molecular weight excluding hydrogens is 616 g/mol. The zero-order valence-electron chi connectivity index (χ0n) is 28.6. The highest BCUT2D eigenvalue weighted by Crippen LogP contribution is 2.44. The van der Waals surface area contributed by atoms with Gasteiger partial charge in [0.05, 0.1) is 17.8 Å². The third kappa shape index (κ3) is 11.3. The van der Waals surface area contributed by atoms with Gasteiger partial charge in [0.25, 0.3) is 10.1 Å². The first-order chi connectivity index (χ1) is 22.5. The maximum atomic E-state index is 13.4. The number of likely N-dealkylation sites (N-methyl/N-ethyl adjacent to an activating group) is 1. The van der Waals surface area contributed by atoms with E-state index in [0.29, 0.717) is 24.4 Å². The lowest BCUT2D eigenvalue weighted by Crippen LogP contribution is -2.44. The summed E-state index contributed by atoms with van der Waals surface area (Å²) in [6.45, 7) is 8.94. The van der Waals surface area contributed by atoms with E-state index < -0.39 is 27.9 Å². The minimum atomic E-state index is -4.08. The molecular formula is C37H56N2O7S. The van der Waals surface area contributed by atoms with E-state index >= 15 is 0 Å². The molecule has 1 aromatic rings. The largest absolute Gasteiger partial charge is 0.508 e. The maximum absolute atomic E-state index is 13.4. The highest BCUT2D eigenvalue weighted by Gasteiger charge is 2.48. The zero-order valence-corrected chi connectivity index (χ0v) is 29.4. The second kappa shape index (κ2) is 19.1. The number of allylic oxidation sites excluding steroid dienone is 4. The van der Waals surface area contributed by atoms with Crippen molar-refractivity contribution < 1.29 is 32.8 Å². The van der Waals surface area contributed by atoms with Crippen molar-refractivity contribution in [2.24, 2.45) is 0 Å². The lowest BCUT2D eigenvalue weighted by molar-refractivity contribution is -0.126. The quantitative estimate of drug-likeness (QED) is 0.0685. The van der Waals surface area contributed by atoms with Gasteiger partial charge in [0.1, 0.15) is 5.75 Å². The fourth-order valence-electron chi connectivity index (χ4n) is 6.50. The van der Waals surface area contributed by atoms with Gasteiger partial charge in [-0.05, 0) is 44.4 Å². The number of hydrogen-bond acceptors (Lipinski definition) is 8. The summed E-state index contributed by atoms with van der Waals surface area (Å²) in [5.41, 5.74) is 1.99. The molecule has 47 heavy (non-hydrogen) atoms. The SMILES string of the molecule is CCCCCCCCN(CCCCCCCC)c1ccc(C2C(=O)C(=C3C=CC(N(CC)CCCS(=O)(=O)O)=CC3=O)C2O)c(O)c1. The van der Waals surface area contributed by atoms with Crippen LogP contribution in [0.4, 0.5) is 5.69 Å². The minimum absolute atomic E-state index is 0.0315. The first-order valence-electron chi connectivity index (χ1n) is 17.7. The van der Waals surface area contributed by atoms with Gasteiger partial charge in [0, 0.05) is 66.4 Å². The summed E-state index contributed by atoms with van der Waals surface area (Å²) in [5, 5.41) is 22.2. The van der Waals surface area contributed by atoms with Gasteiger partial charge in [-0.3, -0.25) is 14.1 Å². The van der Waals surface area contributed by atoms with Crippen molar-refractivity contribution in [2.45, 2.75) is 116 Å². The van der Waals surface area contributed by atoms with Crippen molar-refractivity contribution in [3.8, 4) is 5.75 Å². The van der Waals surface area contributed by atoms with Gasteiger partial charge in [-0.25, -0.2) is 0 Å². The van der Waals surface area contributed by atoms with Crippen molar-refractivity contribution in [1.82, 2.24) is 4.90 Å². The van der Waals surface area contributed by atoms with Crippen molar-refractivity contribution in [2.75, 3.05) is 36.8 Å². The Bertz CT molecular complexity index is 1380. The molecule has 3 N–H and O–H groups in total. The van der Waals surface area contributed by atoms with Crippen LogP contribution in [0.2, 0.25) is 0 Å². The number of aromatic hydroxyl groups is 1. The molecule has 9 nitrogen and oxygen atoms in total. The standard InChI is InChI=1S/C37H56N2O7S/c1-4-7-9-11-13-15-22-39(23-16-14-12-10-8-5-2)29-19-21-31(33(41)27-29)35-36(42)34(37(35)43)30-20-18-28(26-32(30)40)38(6-3)24-17-25-47(44,45)46/h18-21,26-27,35-36,41-42H,4-17,22-25H2,1-3H3,(H,44,45,46). The van der Waals surface area contributed by atoms with Crippen molar-refractivity contribution in [3.63, 3.8) is 0 Å². The van der Waals surface area contributed by atoms with Crippen LogP contribution in [0.5, 0.6) is 5.75 Å². The van der Waals surface area contributed by atoms with Crippen LogP contribution in [0, 0.1) is 0 Å². The zero-order chi connectivity index (χ0) is 34.4. The summed E-state index contributed by atoms with van der Waals surface area (Å²) < 4.78 is 31.1. The Morgan fingerprint density at radius 2 is 1.34 bits per heavy atom. The number of Topliss-reactive ketones (excluding diaryl/α,β-unsaturated/α-hetero) is 1. The van der Waals surface area contributed by atoms with Crippen molar-refractivity contribution in [3.05, 3.63) is 58.8 Å². The van der Waals surface area contributed by atoms with Crippen LogP contribution in [-0.2, 0) is 19.7 Å². The molecule has 0 heterocycles. The number of carbonyl (C=O) groups is 2.